The highest BCUT2D eigenvalue weighted by atomic mass is 19.3. The van der Waals surface area contributed by atoms with E-state index in [1.807, 2.05) is 13.0 Å². The molecule has 122 valence electrons. The van der Waals surface area contributed by atoms with E-state index in [2.05, 4.69) is 4.98 Å². The third-order valence-electron chi connectivity index (χ3n) is 4.75. The van der Waals surface area contributed by atoms with Crippen molar-refractivity contribution in [3.05, 3.63) is 29.6 Å². The molecule has 0 spiro atoms. The summed E-state index contributed by atoms with van der Waals surface area (Å²) in [5.41, 5.74) is -0.476. The predicted molar refractivity (Wildman–Crippen MR) is 78.1 cm³/mol. The van der Waals surface area contributed by atoms with Crippen LogP contribution in [0.2, 0.25) is 0 Å². The number of aromatic nitrogens is 1. The molecule has 0 aliphatic carbocycles. The van der Waals surface area contributed by atoms with Gasteiger partial charge in [0.05, 0.1) is 11.6 Å². The molecular formula is C16H18F2N4O. The normalized spacial score (nSPS) is 27.5. The molecule has 5 nitrogen and oxygen atoms in total. The zero-order chi connectivity index (χ0) is 16.6. The van der Waals surface area contributed by atoms with Crippen molar-refractivity contribution in [1.29, 1.82) is 5.26 Å². The number of carbonyl (C=O) groups excluding carboxylic acids is 1. The van der Waals surface area contributed by atoms with Gasteiger partial charge in [-0.05, 0) is 24.5 Å². The molecule has 0 radical (unpaired) electrons. The van der Waals surface area contributed by atoms with E-state index >= 15 is 0 Å². The van der Waals surface area contributed by atoms with Gasteiger partial charge in [-0.3, -0.25) is 14.8 Å². The Morgan fingerprint density at radius 1 is 1.52 bits per heavy atom. The minimum Gasteiger partial charge on any atom is -0.272 e. The molecule has 1 unspecified atom stereocenters. The standard InChI is InChI=1S/C16H18F2N4O/c1-2-4-16(14(17)18)10-21-5-3-13(22(21)15(16)23)12-6-11(7-19)8-20-9-12/h6,8-9,13-14H,2-5,10H2,1H3/t13-,16?/m0/s1. The molecule has 0 saturated carbocycles. The average molecular weight is 320 g/mol. The van der Waals surface area contributed by atoms with Crippen molar-refractivity contribution < 1.29 is 13.6 Å². The molecular weight excluding hydrogens is 302 g/mol. The molecule has 1 aromatic rings. The number of nitrogens with zero attached hydrogens (tertiary/aromatic N) is 4. The first kappa shape index (κ1) is 15.8. The zero-order valence-corrected chi connectivity index (χ0v) is 12.9. The van der Waals surface area contributed by atoms with Crippen molar-refractivity contribution in [2.45, 2.75) is 38.7 Å². The largest absolute Gasteiger partial charge is 0.272 e. The highest BCUT2D eigenvalue weighted by Gasteiger charge is 2.59. The molecule has 1 aromatic heterocycles. The fourth-order valence-electron chi connectivity index (χ4n) is 3.66. The maximum Gasteiger partial charge on any atom is 0.254 e. The summed E-state index contributed by atoms with van der Waals surface area (Å²) in [6.45, 7) is 2.44. The summed E-state index contributed by atoms with van der Waals surface area (Å²) in [4.78, 5) is 16.8. The van der Waals surface area contributed by atoms with Crippen LogP contribution in [0.4, 0.5) is 8.78 Å². The number of rotatable bonds is 4. The van der Waals surface area contributed by atoms with E-state index in [9.17, 15) is 13.6 Å². The molecule has 23 heavy (non-hydrogen) atoms. The third-order valence-corrected chi connectivity index (χ3v) is 4.75. The molecule has 3 rings (SSSR count). The number of alkyl halides is 2. The number of carbonyl (C=O) groups is 1. The molecule has 2 saturated heterocycles. The zero-order valence-electron chi connectivity index (χ0n) is 12.9. The van der Waals surface area contributed by atoms with E-state index in [-0.39, 0.29) is 19.0 Å². The van der Waals surface area contributed by atoms with E-state index in [1.165, 1.54) is 11.2 Å². The monoisotopic (exact) mass is 320 g/mol. The summed E-state index contributed by atoms with van der Waals surface area (Å²) < 4.78 is 27.3. The Hall–Kier alpha value is -2.07. The Bertz CT molecular complexity index is 660. The number of pyridine rings is 1. The van der Waals surface area contributed by atoms with E-state index in [1.54, 1.807) is 17.3 Å². The second-order valence-electron chi connectivity index (χ2n) is 6.17. The molecule has 0 bridgehead atoms. The first-order valence-corrected chi connectivity index (χ1v) is 7.75. The van der Waals surface area contributed by atoms with Gasteiger partial charge in [-0.15, -0.1) is 0 Å². The third kappa shape index (κ3) is 2.38. The number of hydrogen-bond donors (Lipinski definition) is 0. The maximum atomic E-state index is 13.7. The number of halogens is 2. The number of hydrazine groups is 1. The lowest BCUT2D eigenvalue weighted by molar-refractivity contribution is -0.149. The van der Waals surface area contributed by atoms with Crippen molar-refractivity contribution >= 4 is 5.91 Å². The van der Waals surface area contributed by atoms with Crippen LogP contribution in [0.5, 0.6) is 0 Å². The van der Waals surface area contributed by atoms with Crippen LogP contribution in [-0.4, -0.2) is 40.4 Å². The lowest BCUT2D eigenvalue weighted by atomic mass is 9.83. The van der Waals surface area contributed by atoms with E-state index < -0.39 is 17.7 Å². The molecule has 2 aliphatic rings. The minimum absolute atomic E-state index is 0.0687. The minimum atomic E-state index is -2.68. The van der Waals surface area contributed by atoms with Gasteiger partial charge in [0, 0.05) is 25.5 Å². The smallest absolute Gasteiger partial charge is 0.254 e. The van der Waals surface area contributed by atoms with E-state index in [0.29, 0.717) is 24.9 Å². The van der Waals surface area contributed by atoms with Crippen LogP contribution < -0.4 is 0 Å². The second kappa shape index (κ2) is 5.85. The van der Waals surface area contributed by atoms with Crippen LogP contribution in [0.15, 0.2) is 18.5 Å². The maximum absolute atomic E-state index is 13.7. The quantitative estimate of drug-likeness (QED) is 0.855. The predicted octanol–water partition coefficient (Wildman–Crippen LogP) is 2.51. The molecule has 2 aliphatic heterocycles. The highest BCUT2D eigenvalue weighted by molar-refractivity contribution is 5.85. The molecule has 0 N–H and O–H groups in total. The summed E-state index contributed by atoms with van der Waals surface area (Å²) >= 11 is 0. The summed E-state index contributed by atoms with van der Waals surface area (Å²) in [6, 6.07) is 3.38. The van der Waals surface area contributed by atoms with Crippen molar-refractivity contribution in [2.24, 2.45) is 5.41 Å². The lowest BCUT2D eigenvalue weighted by Crippen LogP contribution is -2.41. The van der Waals surface area contributed by atoms with Crippen LogP contribution >= 0.6 is 0 Å². The Labute approximate surface area is 133 Å². The second-order valence-corrected chi connectivity index (χ2v) is 6.17. The fraction of sp³-hybridized carbons (Fsp3) is 0.562. The Kier molecular flexibility index (Phi) is 4.02. The topological polar surface area (TPSA) is 60.2 Å². The van der Waals surface area contributed by atoms with Gasteiger partial charge in [0.25, 0.3) is 12.3 Å². The first-order chi connectivity index (χ1) is 11.0. The first-order valence-electron chi connectivity index (χ1n) is 7.75. The van der Waals surface area contributed by atoms with Gasteiger partial charge >= 0.3 is 0 Å². The molecule has 2 fully saturated rings. The van der Waals surface area contributed by atoms with Crippen LogP contribution in [0.3, 0.4) is 0 Å². The van der Waals surface area contributed by atoms with Crippen molar-refractivity contribution in [3.8, 4) is 6.07 Å². The van der Waals surface area contributed by atoms with Gasteiger partial charge in [-0.2, -0.15) is 5.26 Å². The van der Waals surface area contributed by atoms with Crippen LogP contribution in [0.1, 0.15) is 43.4 Å². The summed E-state index contributed by atoms with van der Waals surface area (Å²) in [5, 5.41) is 12.2. The van der Waals surface area contributed by atoms with Gasteiger partial charge < -0.3 is 0 Å². The van der Waals surface area contributed by atoms with Gasteiger partial charge in [0.2, 0.25) is 0 Å². The highest BCUT2D eigenvalue weighted by Crippen LogP contribution is 2.47. The van der Waals surface area contributed by atoms with Crippen molar-refractivity contribution in [3.63, 3.8) is 0 Å². The molecule has 3 heterocycles. The van der Waals surface area contributed by atoms with Crippen molar-refractivity contribution in [1.82, 2.24) is 15.0 Å². The Morgan fingerprint density at radius 3 is 2.96 bits per heavy atom. The van der Waals surface area contributed by atoms with E-state index in [4.69, 9.17) is 5.26 Å². The van der Waals surface area contributed by atoms with Gasteiger partial charge in [0.1, 0.15) is 11.5 Å². The number of nitriles is 1. The lowest BCUT2D eigenvalue weighted by Gasteiger charge is -2.28. The van der Waals surface area contributed by atoms with Gasteiger partial charge in [0.15, 0.2) is 0 Å². The SMILES string of the molecule is CCCC1(C(F)F)CN2CC[C@@H](c3cncc(C#N)c3)N2C1=O. The summed E-state index contributed by atoms with van der Waals surface area (Å²) in [5.74, 6) is -0.501. The van der Waals surface area contributed by atoms with Crippen molar-refractivity contribution in [2.75, 3.05) is 13.1 Å². The fourth-order valence-corrected chi connectivity index (χ4v) is 3.66. The molecule has 0 aromatic carbocycles. The summed E-state index contributed by atoms with van der Waals surface area (Å²) in [6.07, 6.45) is 1.75. The molecule has 2 atom stereocenters. The van der Waals surface area contributed by atoms with Crippen LogP contribution in [0, 0.1) is 16.7 Å². The molecule has 7 heteroatoms. The van der Waals surface area contributed by atoms with Crippen LogP contribution in [0.25, 0.3) is 0 Å². The summed E-state index contributed by atoms with van der Waals surface area (Å²) in [7, 11) is 0. The Balaban J connectivity index is 1.94. The van der Waals surface area contributed by atoms with Crippen LogP contribution in [-0.2, 0) is 4.79 Å². The van der Waals surface area contributed by atoms with E-state index in [0.717, 1.165) is 5.56 Å². The Morgan fingerprint density at radius 2 is 2.30 bits per heavy atom. The number of amides is 1. The van der Waals surface area contributed by atoms with Gasteiger partial charge in [-0.25, -0.2) is 13.8 Å². The van der Waals surface area contributed by atoms with Gasteiger partial charge in [-0.1, -0.05) is 13.3 Å². The molecule has 1 amide bonds. The number of hydrogen-bond acceptors (Lipinski definition) is 4. The average Bonchev–Trinajstić information content (AvgIpc) is 3.07. The number of fused-ring (bicyclic) bond motifs is 1.